The highest BCUT2D eigenvalue weighted by atomic mass is 16.2. The number of nitrogens with zero attached hydrogens (tertiary/aromatic N) is 2. The normalized spacial score (nSPS) is 32.3. The Balaban J connectivity index is 0.670. The van der Waals surface area contributed by atoms with Gasteiger partial charge in [0.05, 0.1) is 0 Å². The van der Waals surface area contributed by atoms with E-state index in [1.165, 1.54) is 77.3 Å². The lowest BCUT2D eigenvalue weighted by atomic mass is 9.84. The second-order valence-electron chi connectivity index (χ2n) is 16.3. The molecule has 0 spiro atoms. The summed E-state index contributed by atoms with van der Waals surface area (Å²) < 4.78 is 0. The van der Waals surface area contributed by atoms with E-state index in [-0.39, 0.29) is 30.2 Å². The number of urea groups is 2. The van der Waals surface area contributed by atoms with Gasteiger partial charge in [0.15, 0.2) is 0 Å². The van der Waals surface area contributed by atoms with Gasteiger partial charge in [0.2, 0.25) is 0 Å². The molecule has 4 N–H and O–H groups in total. The molecule has 2 saturated carbocycles. The smallest absolute Gasteiger partial charge is 0.315 e. The van der Waals surface area contributed by atoms with Crippen molar-refractivity contribution in [3.8, 4) is 0 Å². The van der Waals surface area contributed by atoms with E-state index in [0.29, 0.717) is 30.7 Å². The molecule has 0 aromatic heterocycles. The van der Waals surface area contributed by atoms with E-state index in [9.17, 15) is 9.59 Å². The van der Waals surface area contributed by atoms with Crippen molar-refractivity contribution < 1.29 is 9.59 Å². The van der Waals surface area contributed by atoms with Crippen LogP contribution in [0.5, 0.6) is 0 Å². The average Bonchev–Trinajstić information content (AvgIpc) is 3.88. The standard InChI is InChI=1S/C41H58N6O2/c1-27(43-41(49)45-31-16-12-29(13-17-31)23-25-47-38-20-21-39(47)35-9-5-4-8-34(35)38)26-42-40(48)44-30-14-10-28(11-15-30)22-24-46-36-18-19-37(46)33-7-3-2-6-32(33)36/h2-9,27-31,36-39H,10-26H2,1H3,(H2,42,44,48)(H2,43,45,49)/t27?,28?,29?,30?,31?,36-,37+,38-,39+. The van der Waals surface area contributed by atoms with Crippen LogP contribution in [0.1, 0.15) is 143 Å². The first-order valence-electron chi connectivity index (χ1n) is 19.8. The lowest BCUT2D eigenvalue weighted by Crippen LogP contribution is -2.51. The maximum Gasteiger partial charge on any atom is 0.315 e. The van der Waals surface area contributed by atoms with Crippen LogP contribution >= 0.6 is 0 Å². The minimum atomic E-state index is -0.134. The van der Waals surface area contributed by atoms with Crippen LogP contribution in [0.15, 0.2) is 48.5 Å². The minimum Gasteiger partial charge on any atom is -0.336 e. The van der Waals surface area contributed by atoms with Gasteiger partial charge in [0.25, 0.3) is 0 Å². The first-order valence-corrected chi connectivity index (χ1v) is 19.8. The van der Waals surface area contributed by atoms with Crippen molar-refractivity contribution in [2.45, 2.75) is 139 Å². The van der Waals surface area contributed by atoms with Crippen LogP contribution < -0.4 is 21.3 Å². The van der Waals surface area contributed by atoms with Crippen LogP contribution in [-0.2, 0) is 0 Å². The zero-order chi connectivity index (χ0) is 33.3. The molecule has 2 aliphatic carbocycles. The number of fused-ring (bicyclic) bond motifs is 10. The van der Waals surface area contributed by atoms with E-state index in [1.54, 1.807) is 22.3 Å². The van der Waals surface area contributed by atoms with Gasteiger partial charge >= 0.3 is 12.1 Å². The lowest BCUT2D eigenvalue weighted by Gasteiger charge is -2.32. The summed E-state index contributed by atoms with van der Waals surface area (Å²) in [5.74, 6) is 1.51. The lowest BCUT2D eigenvalue weighted by molar-refractivity contribution is 0.184. The van der Waals surface area contributed by atoms with Crippen molar-refractivity contribution in [1.82, 2.24) is 31.1 Å². The second-order valence-corrected chi connectivity index (χ2v) is 16.3. The van der Waals surface area contributed by atoms with E-state index in [4.69, 9.17) is 0 Å². The van der Waals surface area contributed by atoms with E-state index in [1.807, 2.05) is 6.92 Å². The zero-order valence-electron chi connectivity index (χ0n) is 29.5. The molecule has 5 atom stereocenters. The Morgan fingerprint density at radius 2 is 0.980 bits per heavy atom. The Morgan fingerprint density at radius 3 is 1.39 bits per heavy atom. The number of nitrogens with one attached hydrogen (secondary N) is 4. The van der Waals surface area contributed by atoms with Crippen molar-refractivity contribution in [3.63, 3.8) is 0 Å². The fourth-order valence-electron chi connectivity index (χ4n) is 10.8. The van der Waals surface area contributed by atoms with Crippen LogP contribution in [0.4, 0.5) is 9.59 Å². The fourth-order valence-corrected chi connectivity index (χ4v) is 10.8. The number of hydrogen-bond donors (Lipinski definition) is 4. The average molecular weight is 667 g/mol. The van der Waals surface area contributed by atoms with E-state index in [0.717, 1.165) is 37.5 Å². The molecule has 1 unspecified atom stereocenters. The summed E-state index contributed by atoms with van der Waals surface area (Å²) in [6.07, 6.45) is 16.7. The third kappa shape index (κ3) is 7.10. The number of amides is 4. The molecule has 8 heteroatoms. The molecule has 4 bridgehead atoms. The van der Waals surface area contributed by atoms with Gasteiger partial charge in [-0.15, -0.1) is 0 Å². The van der Waals surface area contributed by atoms with E-state index < -0.39 is 0 Å². The van der Waals surface area contributed by atoms with Gasteiger partial charge in [-0.25, -0.2) is 9.59 Å². The van der Waals surface area contributed by atoms with Gasteiger partial charge in [-0.05, 0) is 144 Å². The van der Waals surface area contributed by atoms with Gasteiger partial charge in [0.1, 0.15) is 0 Å². The molecule has 4 aliphatic heterocycles. The molecule has 8 nitrogen and oxygen atoms in total. The van der Waals surface area contributed by atoms with Crippen LogP contribution in [0.3, 0.4) is 0 Å². The van der Waals surface area contributed by atoms with Gasteiger partial charge in [-0.2, -0.15) is 0 Å². The van der Waals surface area contributed by atoms with Crippen LogP contribution in [0.2, 0.25) is 0 Å². The van der Waals surface area contributed by atoms with Crippen molar-refractivity contribution in [2.75, 3.05) is 19.6 Å². The maximum atomic E-state index is 12.8. The minimum absolute atomic E-state index is 0.117. The molecular weight excluding hydrogens is 608 g/mol. The van der Waals surface area contributed by atoms with Gasteiger partial charge in [-0.1, -0.05) is 48.5 Å². The van der Waals surface area contributed by atoms with Gasteiger partial charge in [0, 0.05) is 48.8 Å². The number of rotatable bonds is 11. The third-order valence-electron chi connectivity index (χ3n) is 13.4. The number of hydrogen-bond acceptors (Lipinski definition) is 4. The molecule has 2 aromatic rings. The molecule has 264 valence electrons. The molecule has 8 rings (SSSR count). The quantitative estimate of drug-likeness (QED) is 0.198. The SMILES string of the molecule is CC(CNC(=O)NC1CCC(CCN2[C@@H]3CC[C@H]2c2ccccc23)CC1)NC(=O)NC1CCC(CCN2[C@@H]3CC[C@H]2c2ccccc23)CC1. The predicted octanol–water partition coefficient (Wildman–Crippen LogP) is 7.65. The number of benzene rings is 2. The number of carbonyl (C=O) groups excluding carboxylic acids is 2. The summed E-state index contributed by atoms with van der Waals surface area (Å²) in [6.45, 7) is 4.77. The summed E-state index contributed by atoms with van der Waals surface area (Å²) in [4.78, 5) is 31.0. The van der Waals surface area contributed by atoms with Crippen molar-refractivity contribution in [2.24, 2.45) is 11.8 Å². The summed E-state index contributed by atoms with van der Waals surface area (Å²) >= 11 is 0. The zero-order valence-corrected chi connectivity index (χ0v) is 29.5. The molecular formula is C41H58N6O2. The highest BCUT2D eigenvalue weighted by molar-refractivity contribution is 5.75. The highest BCUT2D eigenvalue weighted by Crippen LogP contribution is 2.54. The molecule has 2 aromatic carbocycles. The summed E-state index contributed by atoms with van der Waals surface area (Å²) in [7, 11) is 0. The van der Waals surface area contributed by atoms with Crippen LogP contribution in [0, 0.1) is 11.8 Å². The first-order chi connectivity index (χ1) is 24.0. The summed E-state index contributed by atoms with van der Waals surface area (Å²) in [5, 5.41) is 12.4. The van der Waals surface area contributed by atoms with E-state index in [2.05, 4.69) is 79.6 Å². The molecule has 2 saturated heterocycles. The highest BCUT2D eigenvalue weighted by Gasteiger charge is 2.44. The van der Waals surface area contributed by atoms with Crippen LogP contribution in [0.25, 0.3) is 0 Å². The Labute approximate surface area is 293 Å². The largest absolute Gasteiger partial charge is 0.336 e. The Hall–Kier alpha value is -3.10. The molecule has 6 aliphatic rings. The summed E-state index contributed by atoms with van der Waals surface area (Å²) in [5.41, 5.74) is 6.29. The van der Waals surface area contributed by atoms with Crippen molar-refractivity contribution in [1.29, 1.82) is 0 Å². The molecule has 4 heterocycles. The molecule has 49 heavy (non-hydrogen) atoms. The molecule has 4 fully saturated rings. The Morgan fingerprint density at radius 1 is 0.592 bits per heavy atom. The molecule has 4 amide bonds. The number of carbonyl (C=O) groups is 2. The van der Waals surface area contributed by atoms with Crippen LogP contribution in [-0.4, -0.2) is 59.6 Å². The van der Waals surface area contributed by atoms with Gasteiger partial charge < -0.3 is 21.3 Å². The van der Waals surface area contributed by atoms with Gasteiger partial charge in [-0.3, -0.25) is 9.80 Å². The monoisotopic (exact) mass is 666 g/mol. The van der Waals surface area contributed by atoms with E-state index >= 15 is 0 Å². The van der Waals surface area contributed by atoms with Crippen molar-refractivity contribution in [3.05, 3.63) is 70.8 Å². The molecule has 0 radical (unpaired) electrons. The van der Waals surface area contributed by atoms with Crippen molar-refractivity contribution >= 4 is 12.1 Å². The second kappa shape index (κ2) is 14.6. The Bertz CT molecular complexity index is 1400. The topological polar surface area (TPSA) is 88.7 Å². The third-order valence-corrected chi connectivity index (χ3v) is 13.4. The fraction of sp³-hybridized carbons (Fsp3) is 0.659. The predicted molar refractivity (Wildman–Crippen MR) is 194 cm³/mol. The summed E-state index contributed by atoms with van der Waals surface area (Å²) in [6, 6.07) is 20.8. The first kappa shape index (κ1) is 33.1. The Kier molecular flexibility index (Phi) is 9.87. The maximum absolute atomic E-state index is 12.8.